The van der Waals surface area contributed by atoms with Crippen molar-refractivity contribution in [3.05, 3.63) is 11.6 Å². The molecule has 0 saturated heterocycles. The molecule has 3 atom stereocenters. The van der Waals surface area contributed by atoms with Crippen LogP contribution < -0.4 is 0 Å². The van der Waals surface area contributed by atoms with Crippen molar-refractivity contribution < 1.29 is 4.74 Å². The number of hydrogen-bond acceptors (Lipinski definition) is 1. The Morgan fingerprint density at radius 2 is 2.15 bits per heavy atom. The van der Waals surface area contributed by atoms with Gasteiger partial charge in [-0.25, -0.2) is 0 Å². The van der Waals surface area contributed by atoms with Crippen molar-refractivity contribution in [1.29, 1.82) is 0 Å². The van der Waals surface area contributed by atoms with Gasteiger partial charge in [-0.1, -0.05) is 11.6 Å². The van der Waals surface area contributed by atoms with E-state index in [1.54, 1.807) is 5.57 Å². The van der Waals surface area contributed by atoms with E-state index in [1.807, 2.05) is 0 Å². The highest BCUT2D eigenvalue weighted by Gasteiger charge is 2.43. The van der Waals surface area contributed by atoms with Crippen molar-refractivity contribution in [2.45, 2.75) is 52.2 Å². The minimum Gasteiger partial charge on any atom is -0.375 e. The van der Waals surface area contributed by atoms with E-state index in [4.69, 9.17) is 4.74 Å². The third-order valence-corrected chi connectivity index (χ3v) is 3.42. The maximum Gasteiger partial charge on any atom is 0.0646 e. The molecule has 74 valence electrons. The van der Waals surface area contributed by atoms with Crippen molar-refractivity contribution >= 4 is 0 Å². The molecule has 0 aromatic carbocycles. The average Bonchev–Trinajstić information content (AvgIpc) is 2.60. The minimum atomic E-state index is 0.391. The Hall–Kier alpha value is -0.300. The Balaban J connectivity index is 2.02. The maximum atomic E-state index is 5.94. The zero-order chi connectivity index (χ0) is 9.42. The van der Waals surface area contributed by atoms with E-state index in [0.29, 0.717) is 12.2 Å². The number of rotatable bonds is 2. The van der Waals surface area contributed by atoms with Crippen LogP contribution in [0.2, 0.25) is 0 Å². The fourth-order valence-electron chi connectivity index (χ4n) is 2.97. The van der Waals surface area contributed by atoms with Gasteiger partial charge in [-0.05, 0) is 46.0 Å². The van der Waals surface area contributed by atoms with E-state index >= 15 is 0 Å². The van der Waals surface area contributed by atoms with E-state index in [1.165, 1.54) is 19.3 Å². The first kappa shape index (κ1) is 9.26. The topological polar surface area (TPSA) is 9.23 Å². The monoisotopic (exact) mass is 180 g/mol. The van der Waals surface area contributed by atoms with Crippen LogP contribution in [0.25, 0.3) is 0 Å². The van der Waals surface area contributed by atoms with Gasteiger partial charge in [0.1, 0.15) is 0 Å². The van der Waals surface area contributed by atoms with Crippen LogP contribution in [-0.4, -0.2) is 12.2 Å². The van der Waals surface area contributed by atoms with Crippen LogP contribution in [0.3, 0.4) is 0 Å². The Kier molecular flexibility index (Phi) is 2.46. The Morgan fingerprint density at radius 1 is 1.38 bits per heavy atom. The Labute approximate surface area is 81.2 Å². The summed E-state index contributed by atoms with van der Waals surface area (Å²) in [6.45, 7) is 6.45. The van der Waals surface area contributed by atoms with Crippen LogP contribution in [0.1, 0.15) is 40.0 Å². The van der Waals surface area contributed by atoms with E-state index in [9.17, 15) is 0 Å². The Morgan fingerprint density at radius 3 is 2.69 bits per heavy atom. The highest BCUT2D eigenvalue weighted by atomic mass is 16.5. The molecule has 2 fully saturated rings. The highest BCUT2D eigenvalue weighted by Crippen LogP contribution is 2.49. The normalized spacial score (nSPS) is 40.9. The standard InChI is InChI=1S/C12H20O/c1-4-10-5-9-6-11(10)12(7-9)13-8(2)3/h4,8-9,11-12H,5-7H2,1-3H3. The number of allylic oxidation sites excluding steroid dienone is 1. The lowest BCUT2D eigenvalue weighted by molar-refractivity contribution is -0.0116. The van der Waals surface area contributed by atoms with Crippen molar-refractivity contribution in [3.8, 4) is 0 Å². The molecule has 0 aromatic rings. The van der Waals surface area contributed by atoms with Gasteiger partial charge in [0.25, 0.3) is 0 Å². The summed E-state index contributed by atoms with van der Waals surface area (Å²) < 4.78 is 5.94. The quantitative estimate of drug-likeness (QED) is 0.593. The molecule has 0 aliphatic heterocycles. The largest absolute Gasteiger partial charge is 0.375 e. The zero-order valence-electron chi connectivity index (χ0n) is 8.92. The summed E-state index contributed by atoms with van der Waals surface area (Å²) in [7, 11) is 0. The molecule has 2 aliphatic carbocycles. The number of ether oxygens (including phenoxy) is 1. The predicted octanol–water partition coefficient (Wildman–Crippen LogP) is 3.16. The molecule has 0 heterocycles. The summed E-state index contributed by atoms with van der Waals surface area (Å²) in [5.74, 6) is 1.69. The second-order valence-electron chi connectivity index (χ2n) is 4.73. The predicted molar refractivity (Wildman–Crippen MR) is 54.6 cm³/mol. The molecule has 0 amide bonds. The van der Waals surface area contributed by atoms with Crippen molar-refractivity contribution in [2.24, 2.45) is 11.8 Å². The van der Waals surface area contributed by atoms with Gasteiger partial charge in [-0.2, -0.15) is 0 Å². The van der Waals surface area contributed by atoms with Gasteiger partial charge < -0.3 is 4.74 Å². The van der Waals surface area contributed by atoms with E-state index in [0.717, 1.165) is 11.8 Å². The van der Waals surface area contributed by atoms with Crippen LogP contribution in [-0.2, 0) is 4.74 Å². The lowest BCUT2D eigenvalue weighted by Gasteiger charge is -2.26. The lowest BCUT2D eigenvalue weighted by atomic mass is 9.92. The van der Waals surface area contributed by atoms with Gasteiger partial charge in [0.05, 0.1) is 12.2 Å². The number of fused-ring (bicyclic) bond motifs is 2. The van der Waals surface area contributed by atoms with Gasteiger partial charge >= 0.3 is 0 Å². The minimum absolute atomic E-state index is 0.391. The highest BCUT2D eigenvalue weighted by molar-refractivity contribution is 5.18. The molecule has 0 aromatic heterocycles. The first-order chi connectivity index (χ1) is 6.20. The lowest BCUT2D eigenvalue weighted by Crippen LogP contribution is -2.25. The van der Waals surface area contributed by atoms with Crippen LogP contribution >= 0.6 is 0 Å². The van der Waals surface area contributed by atoms with Crippen molar-refractivity contribution in [1.82, 2.24) is 0 Å². The van der Waals surface area contributed by atoms with Crippen LogP contribution in [0.15, 0.2) is 11.6 Å². The second-order valence-corrected chi connectivity index (χ2v) is 4.73. The summed E-state index contributed by atoms with van der Waals surface area (Å²) in [4.78, 5) is 0. The smallest absolute Gasteiger partial charge is 0.0646 e. The first-order valence-corrected chi connectivity index (χ1v) is 5.51. The van der Waals surface area contributed by atoms with Crippen LogP contribution in [0.4, 0.5) is 0 Å². The molecule has 2 rings (SSSR count). The molecule has 2 bridgehead atoms. The summed E-state index contributed by atoms with van der Waals surface area (Å²) in [6.07, 6.45) is 7.27. The van der Waals surface area contributed by atoms with Gasteiger partial charge in [-0.15, -0.1) is 0 Å². The molecular weight excluding hydrogens is 160 g/mol. The third kappa shape index (κ3) is 1.67. The SMILES string of the molecule is CC=C1CC2CC(OC(C)C)C1C2. The number of hydrogen-bond donors (Lipinski definition) is 0. The fraction of sp³-hybridized carbons (Fsp3) is 0.833. The van der Waals surface area contributed by atoms with Crippen molar-refractivity contribution in [3.63, 3.8) is 0 Å². The van der Waals surface area contributed by atoms with Gasteiger partial charge in [0, 0.05) is 5.92 Å². The van der Waals surface area contributed by atoms with Crippen molar-refractivity contribution in [2.75, 3.05) is 0 Å². The van der Waals surface area contributed by atoms with E-state index < -0.39 is 0 Å². The van der Waals surface area contributed by atoms with Crippen LogP contribution in [0.5, 0.6) is 0 Å². The molecule has 0 spiro atoms. The first-order valence-electron chi connectivity index (χ1n) is 5.51. The molecule has 1 heteroatoms. The van der Waals surface area contributed by atoms with Gasteiger partial charge in [0.2, 0.25) is 0 Å². The zero-order valence-corrected chi connectivity index (χ0v) is 8.92. The molecule has 0 N–H and O–H groups in total. The molecular formula is C12H20O. The molecule has 13 heavy (non-hydrogen) atoms. The van der Waals surface area contributed by atoms with E-state index in [-0.39, 0.29) is 0 Å². The molecule has 2 saturated carbocycles. The van der Waals surface area contributed by atoms with Crippen LogP contribution in [0, 0.1) is 11.8 Å². The van der Waals surface area contributed by atoms with E-state index in [2.05, 4.69) is 26.8 Å². The van der Waals surface area contributed by atoms with Gasteiger partial charge in [-0.3, -0.25) is 0 Å². The van der Waals surface area contributed by atoms with Gasteiger partial charge in [0.15, 0.2) is 0 Å². The average molecular weight is 180 g/mol. The Bertz CT molecular complexity index is 217. The summed E-state index contributed by atoms with van der Waals surface area (Å²) in [5.41, 5.74) is 1.65. The molecule has 1 nitrogen and oxygen atoms in total. The summed E-state index contributed by atoms with van der Waals surface area (Å²) in [6, 6.07) is 0. The summed E-state index contributed by atoms with van der Waals surface area (Å²) in [5, 5.41) is 0. The summed E-state index contributed by atoms with van der Waals surface area (Å²) >= 11 is 0. The third-order valence-electron chi connectivity index (χ3n) is 3.42. The second kappa shape index (κ2) is 3.45. The molecule has 3 unspecified atom stereocenters. The maximum absolute atomic E-state index is 5.94. The fourth-order valence-corrected chi connectivity index (χ4v) is 2.97. The molecule has 2 aliphatic rings. The molecule has 0 radical (unpaired) electrons.